The quantitative estimate of drug-likeness (QED) is 0.889. The maximum Gasteiger partial charge on any atom is 0.129 e. The third-order valence-electron chi connectivity index (χ3n) is 5.36. The van der Waals surface area contributed by atoms with Crippen LogP contribution in [0.25, 0.3) is 0 Å². The zero-order chi connectivity index (χ0) is 14.0. The van der Waals surface area contributed by atoms with Gasteiger partial charge in [0.05, 0.1) is 0 Å². The van der Waals surface area contributed by atoms with Crippen molar-refractivity contribution in [3.8, 4) is 0 Å². The summed E-state index contributed by atoms with van der Waals surface area (Å²) in [6.07, 6.45) is 9.57. The second kappa shape index (κ2) is 5.72. The highest BCUT2D eigenvalue weighted by Gasteiger charge is 2.35. The molecule has 1 spiro atoms. The number of nitrogens with zero attached hydrogens (tertiary/aromatic N) is 1. The van der Waals surface area contributed by atoms with Crippen LogP contribution in [-0.2, 0) is 6.54 Å². The first-order chi connectivity index (χ1) is 9.72. The van der Waals surface area contributed by atoms with Crippen molar-refractivity contribution in [2.24, 2.45) is 11.1 Å². The summed E-state index contributed by atoms with van der Waals surface area (Å²) in [5.41, 5.74) is 7.75. The van der Waals surface area contributed by atoms with Gasteiger partial charge in [-0.3, -0.25) is 0 Å². The average molecular weight is 276 g/mol. The summed E-state index contributed by atoms with van der Waals surface area (Å²) in [6, 6.07) is 5.50. The minimum atomic E-state index is -0.164. The lowest BCUT2D eigenvalue weighted by Gasteiger charge is -2.45. The first-order valence-electron chi connectivity index (χ1n) is 7.96. The molecule has 3 rings (SSSR count). The summed E-state index contributed by atoms with van der Waals surface area (Å²) in [5, 5.41) is 0. The maximum absolute atomic E-state index is 13.8. The maximum atomic E-state index is 13.8. The molecule has 1 saturated heterocycles. The molecular formula is C17H25FN2. The summed E-state index contributed by atoms with van der Waals surface area (Å²) in [6.45, 7) is 2.41. The van der Waals surface area contributed by atoms with E-state index in [9.17, 15) is 4.39 Å². The third-order valence-corrected chi connectivity index (χ3v) is 5.36. The number of anilines is 1. The lowest BCUT2D eigenvalue weighted by molar-refractivity contribution is 0.144. The molecule has 1 saturated carbocycles. The van der Waals surface area contributed by atoms with Gasteiger partial charge in [-0.05, 0) is 43.2 Å². The van der Waals surface area contributed by atoms with Gasteiger partial charge in [-0.2, -0.15) is 0 Å². The van der Waals surface area contributed by atoms with E-state index in [1.807, 2.05) is 12.1 Å². The summed E-state index contributed by atoms with van der Waals surface area (Å²) in [7, 11) is 0. The van der Waals surface area contributed by atoms with Crippen molar-refractivity contribution in [1.29, 1.82) is 0 Å². The Morgan fingerprint density at radius 1 is 1.05 bits per heavy atom. The van der Waals surface area contributed by atoms with Crippen molar-refractivity contribution in [1.82, 2.24) is 0 Å². The standard InChI is InChI=1S/C17H25FN2/c18-16-12-15(5-4-14(16)13-19)20-10-8-17(9-11-20)6-2-1-3-7-17/h4-5,12H,1-3,6-11,13,19H2. The minimum Gasteiger partial charge on any atom is -0.371 e. The van der Waals surface area contributed by atoms with Crippen LogP contribution in [0, 0.1) is 11.2 Å². The number of rotatable bonds is 2. The molecule has 0 amide bonds. The second-order valence-electron chi connectivity index (χ2n) is 6.53. The molecule has 1 heterocycles. The first kappa shape index (κ1) is 13.9. The molecule has 0 aromatic heterocycles. The normalized spacial score (nSPS) is 22.2. The van der Waals surface area contributed by atoms with Gasteiger partial charge in [0.15, 0.2) is 0 Å². The molecular weight excluding hydrogens is 251 g/mol. The summed E-state index contributed by atoms with van der Waals surface area (Å²) in [5.74, 6) is -0.164. The molecule has 0 radical (unpaired) electrons. The van der Waals surface area contributed by atoms with Gasteiger partial charge in [0, 0.05) is 30.9 Å². The van der Waals surface area contributed by atoms with Crippen LogP contribution in [0.1, 0.15) is 50.5 Å². The van der Waals surface area contributed by atoms with E-state index in [2.05, 4.69) is 4.90 Å². The smallest absolute Gasteiger partial charge is 0.129 e. The van der Waals surface area contributed by atoms with Crippen LogP contribution >= 0.6 is 0 Å². The number of benzene rings is 1. The van der Waals surface area contributed by atoms with E-state index in [-0.39, 0.29) is 12.4 Å². The summed E-state index contributed by atoms with van der Waals surface area (Å²) < 4.78 is 13.8. The van der Waals surface area contributed by atoms with Crippen LogP contribution in [0.4, 0.5) is 10.1 Å². The van der Waals surface area contributed by atoms with Gasteiger partial charge in [0.25, 0.3) is 0 Å². The minimum absolute atomic E-state index is 0.164. The van der Waals surface area contributed by atoms with Crippen LogP contribution in [0.2, 0.25) is 0 Å². The van der Waals surface area contributed by atoms with Crippen LogP contribution in [0.5, 0.6) is 0 Å². The molecule has 0 bridgehead atoms. The van der Waals surface area contributed by atoms with E-state index >= 15 is 0 Å². The van der Waals surface area contributed by atoms with Crippen LogP contribution < -0.4 is 10.6 Å². The fourth-order valence-electron chi connectivity index (χ4n) is 3.94. The molecule has 1 aromatic carbocycles. The molecule has 2 fully saturated rings. The van der Waals surface area contributed by atoms with Crippen molar-refractivity contribution in [3.63, 3.8) is 0 Å². The molecule has 2 nitrogen and oxygen atoms in total. The molecule has 1 aliphatic carbocycles. The van der Waals surface area contributed by atoms with E-state index in [0.717, 1.165) is 18.8 Å². The van der Waals surface area contributed by atoms with Crippen molar-refractivity contribution in [3.05, 3.63) is 29.6 Å². The fourth-order valence-corrected chi connectivity index (χ4v) is 3.94. The van der Waals surface area contributed by atoms with Crippen LogP contribution in [-0.4, -0.2) is 13.1 Å². The summed E-state index contributed by atoms with van der Waals surface area (Å²) in [4.78, 5) is 2.34. The molecule has 0 unspecified atom stereocenters. The van der Waals surface area contributed by atoms with E-state index in [4.69, 9.17) is 5.73 Å². The number of piperidine rings is 1. The molecule has 1 aliphatic heterocycles. The Kier molecular flexibility index (Phi) is 3.97. The number of nitrogens with two attached hydrogens (primary N) is 1. The highest BCUT2D eigenvalue weighted by Crippen LogP contribution is 2.45. The van der Waals surface area contributed by atoms with Crippen LogP contribution in [0.3, 0.4) is 0 Å². The Morgan fingerprint density at radius 2 is 1.75 bits per heavy atom. The first-order valence-corrected chi connectivity index (χ1v) is 7.96. The van der Waals surface area contributed by atoms with E-state index < -0.39 is 0 Å². The van der Waals surface area contributed by atoms with E-state index in [1.165, 1.54) is 44.9 Å². The van der Waals surface area contributed by atoms with Crippen molar-refractivity contribution in [2.45, 2.75) is 51.5 Å². The lowest BCUT2D eigenvalue weighted by Crippen LogP contribution is -2.41. The predicted molar refractivity (Wildman–Crippen MR) is 81.3 cm³/mol. The van der Waals surface area contributed by atoms with Crippen LogP contribution in [0.15, 0.2) is 18.2 Å². The summed E-state index contributed by atoms with van der Waals surface area (Å²) >= 11 is 0. The Labute approximate surface area is 121 Å². The van der Waals surface area contributed by atoms with E-state index in [0.29, 0.717) is 11.0 Å². The molecule has 2 N–H and O–H groups in total. The van der Waals surface area contributed by atoms with Crippen molar-refractivity contribution >= 4 is 5.69 Å². The highest BCUT2D eigenvalue weighted by molar-refractivity contribution is 5.48. The molecule has 3 heteroatoms. The molecule has 110 valence electrons. The number of halogens is 1. The van der Waals surface area contributed by atoms with E-state index in [1.54, 1.807) is 6.07 Å². The second-order valence-corrected chi connectivity index (χ2v) is 6.53. The van der Waals surface area contributed by atoms with Gasteiger partial charge in [0.1, 0.15) is 5.82 Å². The number of hydrogen-bond donors (Lipinski definition) is 1. The topological polar surface area (TPSA) is 29.3 Å². The van der Waals surface area contributed by atoms with Gasteiger partial charge in [-0.15, -0.1) is 0 Å². The lowest BCUT2D eigenvalue weighted by atomic mass is 9.68. The zero-order valence-corrected chi connectivity index (χ0v) is 12.2. The molecule has 1 aromatic rings. The fraction of sp³-hybridized carbons (Fsp3) is 0.647. The largest absolute Gasteiger partial charge is 0.371 e. The van der Waals surface area contributed by atoms with Crippen molar-refractivity contribution in [2.75, 3.05) is 18.0 Å². The average Bonchev–Trinajstić information content (AvgIpc) is 2.49. The Morgan fingerprint density at radius 3 is 2.35 bits per heavy atom. The molecule has 0 atom stereocenters. The number of hydrogen-bond acceptors (Lipinski definition) is 2. The van der Waals surface area contributed by atoms with Gasteiger partial charge in [-0.25, -0.2) is 4.39 Å². The zero-order valence-electron chi connectivity index (χ0n) is 12.2. The molecule has 2 aliphatic rings. The SMILES string of the molecule is NCc1ccc(N2CCC3(CCCCC3)CC2)cc1F. The van der Waals surface area contributed by atoms with Crippen molar-refractivity contribution < 1.29 is 4.39 Å². The van der Waals surface area contributed by atoms with Gasteiger partial charge in [0.2, 0.25) is 0 Å². The molecule has 20 heavy (non-hydrogen) atoms. The Hall–Kier alpha value is -1.09. The third kappa shape index (κ3) is 2.69. The Balaban J connectivity index is 1.67. The van der Waals surface area contributed by atoms with Gasteiger partial charge >= 0.3 is 0 Å². The van der Waals surface area contributed by atoms with Gasteiger partial charge < -0.3 is 10.6 Å². The predicted octanol–water partition coefficient (Wildman–Crippen LogP) is 3.84. The Bertz CT molecular complexity index is 456. The van der Waals surface area contributed by atoms with Gasteiger partial charge in [-0.1, -0.05) is 25.3 Å². The monoisotopic (exact) mass is 276 g/mol. The highest BCUT2D eigenvalue weighted by atomic mass is 19.1.